The Morgan fingerprint density at radius 1 is 1.50 bits per heavy atom. The number of aryl methyl sites for hydroxylation is 1. The first kappa shape index (κ1) is 12.2. The lowest BCUT2D eigenvalue weighted by Gasteiger charge is -2.00. The first-order chi connectivity index (χ1) is 7.58. The second-order valence-electron chi connectivity index (χ2n) is 3.92. The summed E-state index contributed by atoms with van der Waals surface area (Å²) in [6.07, 6.45) is 3.35. The summed E-state index contributed by atoms with van der Waals surface area (Å²) in [5.41, 5.74) is 3.16. The summed E-state index contributed by atoms with van der Waals surface area (Å²) in [5.74, 6) is -0.0930. The maximum absolute atomic E-state index is 11.4. The quantitative estimate of drug-likeness (QED) is 0.607. The topological polar surface area (TPSA) is 29.1 Å². The van der Waals surface area contributed by atoms with E-state index in [-0.39, 0.29) is 5.91 Å². The number of carbonyl (C=O) groups is 1. The van der Waals surface area contributed by atoms with E-state index < -0.39 is 0 Å². The fourth-order valence-corrected chi connectivity index (χ4v) is 1.24. The van der Waals surface area contributed by atoms with Gasteiger partial charge in [-0.15, -0.1) is 0 Å². The maximum Gasteiger partial charge on any atom is 0.244 e. The molecule has 1 amide bonds. The van der Waals surface area contributed by atoms with E-state index >= 15 is 0 Å². The number of nitrogens with one attached hydrogen (secondary N) is 1. The summed E-state index contributed by atoms with van der Waals surface area (Å²) >= 11 is 0. The van der Waals surface area contributed by atoms with Gasteiger partial charge >= 0.3 is 0 Å². The first-order valence-corrected chi connectivity index (χ1v) is 5.25. The van der Waals surface area contributed by atoms with Crippen molar-refractivity contribution in [2.24, 2.45) is 0 Å². The van der Waals surface area contributed by atoms with Crippen LogP contribution in [-0.4, -0.2) is 12.5 Å². The molecule has 0 atom stereocenters. The van der Waals surface area contributed by atoms with Gasteiger partial charge in [0.15, 0.2) is 0 Å². The Hall–Kier alpha value is -1.83. The zero-order valence-corrected chi connectivity index (χ0v) is 9.79. The van der Waals surface area contributed by atoms with Gasteiger partial charge in [-0.25, -0.2) is 0 Å². The SMILES string of the molecule is C=C(C)CNC(=O)/C=C/c1cccc(C)c1. The molecule has 0 heterocycles. The van der Waals surface area contributed by atoms with Crippen LogP contribution in [0.2, 0.25) is 0 Å². The Balaban J connectivity index is 2.53. The second-order valence-corrected chi connectivity index (χ2v) is 3.92. The molecule has 0 saturated carbocycles. The van der Waals surface area contributed by atoms with Crippen LogP contribution in [0.4, 0.5) is 0 Å². The van der Waals surface area contributed by atoms with Gasteiger partial charge in [-0.3, -0.25) is 4.79 Å². The van der Waals surface area contributed by atoms with Gasteiger partial charge in [-0.05, 0) is 25.5 Å². The lowest BCUT2D eigenvalue weighted by molar-refractivity contribution is -0.116. The molecule has 84 valence electrons. The lowest BCUT2D eigenvalue weighted by atomic mass is 10.1. The Morgan fingerprint density at radius 3 is 2.88 bits per heavy atom. The highest BCUT2D eigenvalue weighted by Gasteiger charge is 1.94. The van der Waals surface area contributed by atoms with Crippen molar-refractivity contribution in [2.45, 2.75) is 13.8 Å². The van der Waals surface area contributed by atoms with Crippen LogP contribution in [0, 0.1) is 6.92 Å². The van der Waals surface area contributed by atoms with Crippen molar-refractivity contribution in [1.82, 2.24) is 5.32 Å². The minimum Gasteiger partial charge on any atom is -0.349 e. The standard InChI is InChI=1S/C14H17NO/c1-11(2)10-15-14(16)8-7-13-6-4-5-12(3)9-13/h4-9H,1,10H2,2-3H3,(H,15,16)/b8-7+. The van der Waals surface area contributed by atoms with Crippen LogP contribution in [0.25, 0.3) is 6.08 Å². The van der Waals surface area contributed by atoms with E-state index in [1.165, 1.54) is 11.6 Å². The zero-order chi connectivity index (χ0) is 12.0. The molecule has 1 aromatic rings. The first-order valence-electron chi connectivity index (χ1n) is 5.25. The molecule has 0 aromatic heterocycles. The smallest absolute Gasteiger partial charge is 0.244 e. The molecule has 0 aliphatic rings. The molecule has 0 spiro atoms. The molecular weight excluding hydrogens is 198 g/mol. The molecule has 0 bridgehead atoms. The largest absolute Gasteiger partial charge is 0.349 e. The molecule has 0 aliphatic carbocycles. The Morgan fingerprint density at radius 2 is 2.25 bits per heavy atom. The number of hydrogen-bond donors (Lipinski definition) is 1. The highest BCUT2D eigenvalue weighted by Crippen LogP contribution is 2.05. The van der Waals surface area contributed by atoms with E-state index in [9.17, 15) is 4.79 Å². The van der Waals surface area contributed by atoms with Gasteiger partial charge in [0.25, 0.3) is 0 Å². The summed E-state index contributed by atoms with van der Waals surface area (Å²) in [4.78, 5) is 11.4. The number of carbonyl (C=O) groups excluding carboxylic acids is 1. The molecule has 2 nitrogen and oxygen atoms in total. The normalized spacial score (nSPS) is 10.4. The molecule has 0 aliphatic heterocycles. The average molecular weight is 215 g/mol. The van der Waals surface area contributed by atoms with Crippen molar-refractivity contribution in [1.29, 1.82) is 0 Å². The predicted octanol–water partition coefficient (Wildman–Crippen LogP) is 2.70. The fraction of sp³-hybridized carbons (Fsp3) is 0.214. The molecule has 1 N–H and O–H groups in total. The molecule has 0 fully saturated rings. The number of hydrogen-bond acceptors (Lipinski definition) is 1. The van der Waals surface area contributed by atoms with Crippen molar-refractivity contribution in [2.75, 3.05) is 6.54 Å². The third-order valence-electron chi connectivity index (χ3n) is 2.03. The van der Waals surface area contributed by atoms with E-state index in [1.807, 2.05) is 38.1 Å². The highest BCUT2D eigenvalue weighted by molar-refractivity contribution is 5.91. The van der Waals surface area contributed by atoms with Gasteiger partial charge in [0, 0.05) is 12.6 Å². The summed E-state index contributed by atoms with van der Waals surface area (Å²) in [7, 11) is 0. The van der Waals surface area contributed by atoms with Gasteiger partial charge in [-0.2, -0.15) is 0 Å². The van der Waals surface area contributed by atoms with E-state index in [4.69, 9.17) is 0 Å². The van der Waals surface area contributed by atoms with Crippen molar-refractivity contribution >= 4 is 12.0 Å². The summed E-state index contributed by atoms with van der Waals surface area (Å²) in [5, 5.41) is 2.74. The minimum absolute atomic E-state index is 0.0930. The van der Waals surface area contributed by atoms with Crippen molar-refractivity contribution in [3.05, 3.63) is 53.6 Å². The average Bonchev–Trinajstić information content (AvgIpc) is 2.23. The fourth-order valence-electron chi connectivity index (χ4n) is 1.24. The van der Waals surface area contributed by atoms with E-state index in [2.05, 4.69) is 11.9 Å². The van der Waals surface area contributed by atoms with Gasteiger partial charge in [0.1, 0.15) is 0 Å². The molecule has 16 heavy (non-hydrogen) atoms. The van der Waals surface area contributed by atoms with Crippen LogP contribution in [0.15, 0.2) is 42.5 Å². The van der Waals surface area contributed by atoms with Crippen LogP contribution in [0.1, 0.15) is 18.1 Å². The summed E-state index contributed by atoms with van der Waals surface area (Å²) in [6, 6.07) is 8.00. The molecular formula is C14H17NO. The van der Waals surface area contributed by atoms with Crippen LogP contribution in [-0.2, 0) is 4.79 Å². The lowest BCUT2D eigenvalue weighted by Crippen LogP contribution is -2.22. The Kier molecular flexibility index (Phi) is 4.52. The van der Waals surface area contributed by atoms with Gasteiger partial charge in [0.05, 0.1) is 0 Å². The molecule has 0 radical (unpaired) electrons. The van der Waals surface area contributed by atoms with Gasteiger partial charge < -0.3 is 5.32 Å². The van der Waals surface area contributed by atoms with E-state index in [0.29, 0.717) is 6.54 Å². The number of amides is 1. The van der Waals surface area contributed by atoms with Crippen molar-refractivity contribution in [3.8, 4) is 0 Å². The maximum atomic E-state index is 11.4. The second kappa shape index (κ2) is 5.91. The third kappa shape index (κ3) is 4.60. The van der Waals surface area contributed by atoms with E-state index in [1.54, 1.807) is 6.08 Å². The van der Waals surface area contributed by atoms with Crippen LogP contribution in [0.3, 0.4) is 0 Å². The monoisotopic (exact) mass is 215 g/mol. The zero-order valence-electron chi connectivity index (χ0n) is 9.79. The predicted molar refractivity (Wildman–Crippen MR) is 68.0 cm³/mol. The van der Waals surface area contributed by atoms with Crippen LogP contribution in [0.5, 0.6) is 0 Å². The number of rotatable bonds is 4. The molecule has 1 rings (SSSR count). The molecule has 0 saturated heterocycles. The van der Waals surface area contributed by atoms with E-state index in [0.717, 1.165) is 11.1 Å². The van der Waals surface area contributed by atoms with Crippen molar-refractivity contribution < 1.29 is 4.79 Å². The summed E-state index contributed by atoms with van der Waals surface area (Å²) < 4.78 is 0. The molecule has 1 aromatic carbocycles. The molecule has 2 heteroatoms. The van der Waals surface area contributed by atoms with Gasteiger partial charge in [-0.1, -0.05) is 42.0 Å². The summed E-state index contributed by atoms with van der Waals surface area (Å²) in [6.45, 7) is 8.15. The van der Waals surface area contributed by atoms with Gasteiger partial charge in [0.2, 0.25) is 5.91 Å². The van der Waals surface area contributed by atoms with Crippen LogP contribution >= 0.6 is 0 Å². The number of benzene rings is 1. The highest BCUT2D eigenvalue weighted by atomic mass is 16.1. The Bertz CT molecular complexity index is 418. The van der Waals surface area contributed by atoms with Crippen LogP contribution < -0.4 is 5.32 Å². The Labute approximate surface area is 96.7 Å². The third-order valence-corrected chi connectivity index (χ3v) is 2.03. The molecule has 0 unspecified atom stereocenters. The minimum atomic E-state index is -0.0930. The van der Waals surface area contributed by atoms with Crippen molar-refractivity contribution in [3.63, 3.8) is 0 Å².